The van der Waals surface area contributed by atoms with E-state index in [-0.39, 0.29) is 16.8 Å². The average molecular weight is 430 g/mol. The number of amides is 1. The van der Waals surface area contributed by atoms with Crippen LogP contribution in [0.3, 0.4) is 0 Å². The highest BCUT2D eigenvalue weighted by atomic mass is 32.2. The number of carbonyl (C=O) groups is 1. The number of carbonyl (C=O) groups excluding carboxylic acids is 1. The molecule has 2 aliphatic rings. The molecule has 0 unspecified atom stereocenters. The first kappa shape index (κ1) is 20.8. The third-order valence-corrected chi connectivity index (χ3v) is 7.60. The Morgan fingerprint density at radius 3 is 2.63 bits per heavy atom. The zero-order valence-electron chi connectivity index (χ0n) is 17.1. The molecule has 0 aliphatic carbocycles. The van der Waals surface area contributed by atoms with Crippen LogP contribution >= 0.6 is 0 Å². The molecule has 0 aromatic heterocycles. The summed E-state index contributed by atoms with van der Waals surface area (Å²) in [7, 11) is -3.61. The second-order valence-corrected chi connectivity index (χ2v) is 9.57. The van der Waals surface area contributed by atoms with Gasteiger partial charge in [-0.2, -0.15) is 4.31 Å². The Bertz CT molecular complexity index is 1020. The van der Waals surface area contributed by atoms with Crippen molar-refractivity contribution in [1.82, 2.24) is 4.31 Å². The SMILES string of the molecule is C[C@H](C(=O)Nc1cccc(S(=O)(=O)N2CCOCC2)c1)N1CCCc2ccccc21. The summed E-state index contributed by atoms with van der Waals surface area (Å²) in [5, 5.41) is 2.90. The smallest absolute Gasteiger partial charge is 0.246 e. The van der Waals surface area contributed by atoms with Crippen LogP contribution in [-0.4, -0.2) is 57.5 Å². The first-order valence-corrected chi connectivity index (χ1v) is 11.7. The number of fused-ring (bicyclic) bond motifs is 1. The molecule has 1 atom stereocenters. The molecule has 1 amide bonds. The largest absolute Gasteiger partial charge is 0.379 e. The predicted molar refractivity (Wildman–Crippen MR) is 116 cm³/mol. The van der Waals surface area contributed by atoms with E-state index >= 15 is 0 Å². The quantitative estimate of drug-likeness (QED) is 0.790. The summed E-state index contributed by atoms with van der Waals surface area (Å²) in [6.45, 7) is 4.16. The van der Waals surface area contributed by atoms with Gasteiger partial charge < -0.3 is 15.0 Å². The maximum Gasteiger partial charge on any atom is 0.246 e. The molecule has 2 aromatic carbocycles. The standard InChI is InChI=1S/C22H27N3O4S/c1-17(25-11-5-7-18-6-2-3-10-21(18)25)22(26)23-19-8-4-9-20(16-19)30(27,28)24-12-14-29-15-13-24/h2-4,6,8-10,16-17H,5,7,11-15H2,1H3,(H,23,26)/t17-/m1/s1. The average Bonchev–Trinajstić information content (AvgIpc) is 2.79. The van der Waals surface area contributed by atoms with Gasteiger partial charge in [0.15, 0.2) is 0 Å². The van der Waals surface area contributed by atoms with Crippen LogP contribution in [0.4, 0.5) is 11.4 Å². The van der Waals surface area contributed by atoms with Crippen molar-refractivity contribution in [3.05, 3.63) is 54.1 Å². The van der Waals surface area contributed by atoms with Gasteiger partial charge in [-0.05, 0) is 49.6 Å². The maximum absolute atomic E-state index is 13.0. The normalized spacial score (nSPS) is 18.5. The number of nitrogens with zero attached hydrogens (tertiary/aromatic N) is 2. The molecule has 7 nitrogen and oxygen atoms in total. The monoisotopic (exact) mass is 429 g/mol. The Balaban J connectivity index is 1.50. The molecule has 1 saturated heterocycles. The van der Waals surface area contributed by atoms with E-state index < -0.39 is 10.0 Å². The van der Waals surface area contributed by atoms with E-state index in [0.717, 1.165) is 25.1 Å². The molecule has 4 rings (SSSR count). The van der Waals surface area contributed by atoms with Crippen LogP contribution in [0.15, 0.2) is 53.4 Å². The van der Waals surface area contributed by atoms with Crippen molar-refractivity contribution in [2.24, 2.45) is 0 Å². The molecule has 2 heterocycles. The molecule has 8 heteroatoms. The van der Waals surface area contributed by atoms with Crippen LogP contribution in [0.2, 0.25) is 0 Å². The summed E-state index contributed by atoms with van der Waals surface area (Å²) in [5.74, 6) is -0.160. The molecular formula is C22H27N3O4S. The van der Waals surface area contributed by atoms with Gasteiger partial charge in [-0.25, -0.2) is 8.42 Å². The van der Waals surface area contributed by atoms with E-state index in [9.17, 15) is 13.2 Å². The lowest BCUT2D eigenvalue weighted by molar-refractivity contribution is -0.117. The van der Waals surface area contributed by atoms with Gasteiger partial charge in [-0.3, -0.25) is 4.79 Å². The van der Waals surface area contributed by atoms with Gasteiger partial charge in [0.2, 0.25) is 15.9 Å². The van der Waals surface area contributed by atoms with Crippen LogP contribution in [0.25, 0.3) is 0 Å². The second kappa shape index (κ2) is 8.75. The Morgan fingerprint density at radius 1 is 1.07 bits per heavy atom. The highest BCUT2D eigenvalue weighted by Gasteiger charge is 2.28. The minimum atomic E-state index is -3.61. The van der Waals surface area contributed by atoms with E-state index in [4.69, 9.17) is 4.74 Å². The van der Waals surface area contributed by atoms with Gasteiger partial charge >= 0.3 is 0 Å². The maximum atomic E-state index is 13.0. The van der Waals surface area contributed by atoms with Crippen molar-refractivity contribution in [2.75, 3.05) is 43.1 Å². The lowest BCUT2D eigenvalue weighted by Gasteiger charge is -2.35. The Morgan fingerprint density at radius 2 is 1.83 bits per heavy atom. The second-order valence-electron chi connectivity index (χ2n) is 7.64. The number of morpholine rings is 1. The number of hydrogen-bond acceptors (Lipinski definition) is 5. The number of sulfonamides is 1. The topological polar surface area (TPSA) is 79.0 Å². The molecule has 0 bridgehead atoms. The number of benzene rings is 2. The Labute approximate surface area is 177 Å². The summed E-state index contributed by atoms with van der Waals surface area (Å²) in [6, 6.07) is 14.3. The Hall–Kier alpha value is -2.42. The number of hydrogen-bond donors (Lipinski definition) is 1. The molecule has 2 aromatic rings. The minimum Gasteiger partial charge on any atom is -0.379 e. The number of nitrogens with one attached hydrogen (secondary N) is 1. The van der Waals surface area contributed by atoms with Crippen molar-refractivity contribution in [2.45, 2.75) is 30.7 Å². The fraction of sp³-hybridized carbons (Fsp3) is 0.409. The fourth-order valence-corrected chi connectivity index (χ4v) is 5.48. The summed E-state index contributed by atoms with van der Waals surface area (Å²) < 4.78 is 32.5. The van der Waals surface area contributed by atoms with E-state index in [1.807, 2.05) is 25.1 Å². The fourth-order valence-electron chi connectivity index (χ4n) is 4.02. The van der Waals surface area contributed by atoms with E-state index in [1.54, 1.807) is 18.2 Å². The van der Waals surface area contributed by atoms with E-state index in [2.05, 4.69) is 16.3 Å². The molecule has 30 heavy (non-hydrogen) atoms. The number of aryl methyl sites for hydroxylation is 1. The molecule has 0 saturated carbocycles. The zero-order valence-corrected chi connectivity index (χ0v) is 17.9. The molecule has 160 valence electrons. The van der Waals surface area contributed by atoms with Crippen LogP contribution in [0.5, 0.6) is 0 Å². The number of para-hydroxylation sites is 1. The summed E-state index contributed by atoms with van der Waals surface area (Å²) in [4.78, 5) is 15.2. The van der Waals surface area contributed by atoms with Gasteiger partial charge in [0.25, 0.3) is 0 Å². The number of rotatable bonds is 5. The highest BCUT2D eigenvalue weighted by molar-refractivity contribution is 7.89. The van der Waals surface area contributed by atoms with E-state index in [1.165, 1.54) is 15.9 Å². The zero-order chi connectivity index (χ0) is 21.1. The highest BCUT2D eigenvalue weighted by Crippen LogP contribution is 2.29. The van der Waals surface area contributed by atoms with Crippen molar-refractivity contribution in [3.8, 4) is 0 Å². The minimum absolute atomic E-state index is 0.160. The van der Waals surface area contributed by atoms with E-state index in [0.29, 0.717) is 32.0 Å². The lowest BCUT2D eigenvalue weighted by atomic mass is 10.00. The van der Waals surface area contributed by atoms with Gasteiger partial charge in [0, 0.05) is 31.0 Å². The van der Waals surface area contributed by atoms with Crippen molar-refractivity contribution in [1.29, 1.82) is 0 Å². The summed E-state index contributed by atoms with van der Waals surface area (Å²) >= 11 is 0. The van der Waals surface area contributed by atoms with Gasteiger partial charge in [-0.1, -0.05) is 24.3 Å². The van der Waals surface area contributed by atoms with Crippen LogP contribution in [-0.2, 0) is 26.0 Å². The van der Waals surface area contributed by atoms with Crippen molar-refractivity contribution < 1.29 is 17.9 Å². The predicted octanol–water partition coefficient (Wildman–Crippen LogP) is 2.49. The number of anilines is 2. The first-order chi connectivity index (χ1) is 14.5. The first-order valence-electron chi connectivity index (χ1n) is 10.3. The van der Waals surface area contributed by atoms with Crippen molar-refractivity contribution in [3.63, 3.8) is 0 Å². The van der Waals surface area contributed by atoms with Gasteiger partial charge in [-0.15, -0.1) is 0 Å². The van der Waals surface area contributed by atoms with Gasteiger partial charge in [0.1, 0.15) is 6.04 Å². The summed E-state index contributed by atoms with van der Waals surface area (Å²) in [6.07, 6.45) is 2.02. The molecule has 1 N–H and O–H groups in total. The molecule has 0 radical (unpaired) electrons. The lowest BCUT2D eigenvalue weighted by Crippen LogP contribution is -2.44. The molecule has 0 spiro atoms. The third kappa shape index (κ3) is 4.21. The van der Waals surface area contributed by atoms with Crippen LogP contribution in [0.1, 0.15) is 18.9 Å². The van der Waals surface area contributed by atoms with Crippen LogP contribution < -0.4 is 10.2 Å². The van der Waals surface area contributed by atoms with Gasteiger partial charge in [0.05, 0.1) is 18.1 Å². The van der Waals surface area contributed by atoms with Crippen LogP contribution in [0, 0.1) is 0 Å². The van der Waals surface area contributed by atoms with Crippen molar-refractivity contribution >= 4 is 27.3 Å². The molecule has 2 aliphatic heterocycles. The Kier molecular flexibility index (Phi) is 6.08. The molecule has 1 fully saturated rings. The third-order valence-electron chi connectivity index (χ3n) is 5.70. The number of ether oxygens (including phenoxy) is 1. The molecular weight excluding hydrogens is 402 g/mol. The summed E-state index contributed by atoms with van der Waals surface area (Å²) in [5.41, 5.74) is 2.82.